The maximum absolute atomic E-state index is 12.4. The van der Waals surface area contributed by atoms with E-state index in [-0.39, 0.29) is 17.5 Å². The van der Waals surface area contributed by atoms with Gasteiger partial charge in [-0.1, -0.05) is 18.9 Å². The van der Waals surface area contributed by atoms with E-state index in [1.54, 1.807) is 17.2 Å². The van der Waals surface area contributed by atoms with Gasteiger partial charge in [0.05, 0.1) is 11.9 Å². The van der Waals surface area contributed by atoms with Gasteiger partial charge in [0.2, 0.25) is 5.88 Å². The summed E-state index contributed by atoms with van der Waals surface area (Å²) in [6.45, 7) is 8.05. The molecule has 3 heterocycles. The van der Waals surface area contributed by atoms with Gasteiger partial charge >= 0.3 is 12.1 Å². The van der Waals surface area contributed by atoms with E-state index in [0.29, 0.717) is 31.9 Å². The van der Waals surface area contributed by atoms with Crippen LogP contribution in [0.3, 0.4) is 0 Å². The molecule has 3 amide bonds. The Morgan fingerprint density at radius 1 is 1.10 bits per heavy atom. The molecule has 0 atom stereocenters. The number of piperazine rings is 1. The van der Waals surface area contributed by atoms with Crippen molar-refractivity contribution in [2.45, 2.75) is 26.3 Å². The molecule has 3 rings (SSSR count). The van der Waals surface area contributed by atoms with E-state index in [0.717, 1.165) is 10.1 Å². The first kappa shape index (κ1) is 21.7. The summed E-state index contributed by atoms with van der Waals surface area (Å²) < 4.78 is 6.52. The van der Waals surface area contributed by atoms with Gasteiger partial charge in [-0.2, -0.15) is 0 Å². The van der Waals surface area contributed by atoms with Gasteiger partial charge < -0.3 is 19.9 Å². The minimum Gasteiger partial charge on any atom is -0.391 e. The van der Waals surface area contributed by atoms with Gasteiger partial charge in [0.15, 0.2) is 0 Å². The second kappa shape index (κ2) is 9.21. The molecule has 1 aliphatic rings. The quantitative estimate of drug-likeness (QED) is 0.728. The van der Waals surface area contributed by atoms with Crippen molar-refractivity contribution in [2.75, 3.05) is 35.4 Å². The van der Waals surface area contributed by atoms with Gasteiger partial charge in [-0.3, -0.25) is 0 Å². The lowest BCUT2D eigenvalue weighted by Gasteiger charge is -2.34. The lowest BCUT2D eigenvalue weighted by atomic mass is 10.1. The minimum atomic E-state index is -0.455. The second-order valence-corrected chi connectivity index (χ2v) is 8.28. The number of carbonyl (C=O) groups is 2. The van der Waals surface area contributed by atoms with Crippen LogP contribution in [0.4, 0.5) is 21.1 Å². The summed E-state index contributed by atoms with van der Waals surface area (Å²) in [6, 6.07) is 8.54. The topological polar surface area (TPSA) is 90.9 Å². The normalized spacial score (nSPS) is 14.3. The molecule has 1 aliphatic heterocycles. The number of nitrogens with zero attached hydrogens (tertiary/aromatic N) is 5. The number of hydrogen-bond donors (Lipinski definition) is 2. The van der Waals surface area contributed by atoms with Crippen LogP contribution in [-0.4, -0.2) is 58.7 Å². The summed E-state index contributed by atoms with van der Waals surface area (Å²) in [4.78, 5) is 36.8. The Morgan fingerprint density at radius 3 is 2.40 bits per heavy atom. The van der Waals surface area contributed by atoms with E-state index in [9.17, 15) is 9.59 Å². The molecule has 0 bridgehead atoms. The zero-order chi connectivity index (χ0) is 21.7. The lowest BCUT2D eigenvalue weighted by molar-refractivity contribution is 0.147. The Hall–Kier alpha value is -3.01. The number of rotatable bonds is 3. The Kier molecular flexibility index (Phi) is 6.66. The number of amides is 3. The van der Waals surface area contributed by atoms with Gasteiger partial charge in [-0.05, 0) is 39.0 Å². The number of urea groups is 1. The molecule has 1 saturated heterocycles. The number of hydrogen-bond acceptors (Lipinski definition) is 7. The van der Waals surface area contributed by atoms with E-state index in [1.807, 2.05) is 39.0 Å². The number of thiol groups is 1. The molecule has 1 N–H and O–H groups in total. The SMILES string of the molecule is CC(C)(C)NC(=O)N(S)c1ccc(OC(=O)N2CCN(c3ccccn3)CC2)nc1. The fourth-order valence-corrected chi connectivity index (χ4v) is 3.03. The maximum Gasteiger partial charge on any atom is 0.416 e. The average Bonchev–Trinajstić information content (AvgIpc) is 2.73. The molecule has 2 aromatic rings. The Balaban J connectivity index is 1.52. The first-order valence-corrected chi connectivity index (χ1v) is 10.0. The van der Waals surface area contributed by atoms with Gasteiger partial charge in [-0.25, -0.2) is 23.9 Å². The van der Waals surface area contributed by atoms with Crippen molar-refractivity contribution >= 4 is 36.4 Å². The predicted octanol–water partition coefficient (Wildman–Crippen LogP) is 2.96. The van der Waals surface area contributed by atoms with Gasteiger partial charge in [0, 0.05) is 44.0 Å². The molecule has 10 heteroatoms. The zero-order valence-electron chi connectivity index (χ0n) is 17.3. The van der Waals surface area contributed by atoms with Crippen LogP contribution < -0.4 is 19.3 Å². The summed E-state index contributed by atoms with van der Waals surface area (Å²) in [5.41, 5.74) is 0.0746. The smallest absolute Gasteiger partial charge is 0.391 e. The van der Waals surface area contributed by atoms with Crippen LogP contribution in [0.2, 0.25) is 0 Å². The largest absolute Gasteiger partial charge is 0.416 e. The molecule has 1 fully saturated rings. The zero-order valence-corrected chi connectivity index (χ0v) is 18.2. The lowest BCUT2D eigenvalue weighted by Crippen LogP contribution is -2.49. The van der Waals surface area contributed by atoms with Crippen molar-refractivity contribution in [1.82, 2.24) is 20.2 Å². The maximum atomic E-state index is 12.4. The third kappa shape index (κ3) is 5.76. The standard InChI is InChI=1S/C20H26N6O3S/c1-20(2,3)23-18(27)26(30)15-7-8-17(22-14-15)29-19(28)25-12-10-24(11-13-25)16-6-4-5-9-21-16/h4-9,14,30H,10-13H2,1-3H3,(H,23,27). The fraction of sp³-hybridized carbons (Fsp3) is 0.400. The van der Waals surface area contributed by atoms with Crippen molar-refractivity contribution in [1.29, 1.82) is 0 Å². The van der Waals surface area contributed by atoms with E-state index >= 15 is 0 Å². The minimum absolute atomic E-state index is 0.161. The molecule has 9 nitrogen and oxygen atoms in total. The number of pyridine rings is 2. The van der Waals surface area contributed by atoms with E-state index in [4.69, 9.17) is 4.74 Å². The van der Waals surface area contributed by atoms with E-state index in [1.165, 1.54) is 12.3 Å². The molecular weight excluding hydrogens is 404 g/mol. The third-order valence-corrected chi connectivity index (χ3v) is 4.76. The molecule has 2 aromatic heterocycles. The Morgan fingerprint density at radius 2 is 1.83 bits per heavy atom. The molecule has 0 aromatic carbocycles. The predicted molar refractivity (Wildman–Crippen MR) is 118 cm³/mol. The van der Waals surface area contributed by atoms with E-state index in [2.05, 4.69) is 33.0 Å². The van der Waals surface area contributed by atoms with Crippen molar-refractivity contribution < 1.29 is 14.3 Å². The molecule has 160 valence electrons. The average molecular weight is 431 g/mol. The van der Waals surface area contributed by atoms with Crippen LogP contribution in [0, 0.1) is 0 Å². The Bertz CT molecular complexity index is 864. The number of aromatic nitrogens is 2. The van der Waals surface area contributed by atoms with Crippen LogP contribution in [0.5, 0.6) is 5.88 Å². The molecule has 30 heavy (non-hydrogen) atoms. The highest BCUT2D eigenvalue weighted by molar-refractivity contribution is 7.82. The van der Waals surface area contributed by atoms with Crippen LogP contribution in [0.25, 0.3) is 0 Å². The van der Waals surface area contributed by atoms with Crippen molar-refractivity contribution in [2.24, 2.45) is 0 Å². The fourth-order valence-electron chi connectivity index (χ4n) is 2.86. The first-order chi connectivity index (χ1) is 14.2. The molecular formula is C20H26N6O3S. The summed E-state index contributed by atoms with van der Waals surface area (Å²) in [5, 5.41) is 2.80. The van der Waals surface area contributed by atoms with Crippen molar-refractivity contribution in [3.05, 3.63) is 42.7 Å². The molecule has 0 saturated carbocycles. The summed E-state index contributed by atoms with van der Waals surface area (Å²) in [6.07, 6.45) is 2.73. The summed E-state index contributed by atoms with van der Waals surface area (Å²) in [5.74, 6) is 1.06. The van der Waals surface area contributed by atoms with Crippen LogP contribution in [0.1, 0.15) is 20.8 Å². The molecule has 0 radical (unpaired) electrons. The number of ether oxygens (including phenoxy) is 1. The van der Waals surface area contributed by atoms with Crippen LogP contribution in [0.15, 0.2) is 42.7 Å². The van der Waals surface area contributed by atoms with Crippen LogP contribution in [-0.2, 0) is 0 Å². The summed E-state index contributed by atoms with van der Waals surface area (Å²) in [7, 11) is 0. The highest BCUT2D eigenvalue weighted by Gasteiger charge is 2.24. The monoisotopic (exact) mass is 430 g/mol. The molecule has 0 aliphatic carbocycles. The highest BCUT2D eigenvalue weighted by Crippen LogP contribution is 2.20. The van der Waals surface area contributed by atoms with Crippen molar-refractivity contribution in [3.63, 3.8) is 0 Å². The first-order valence-electron chi connectivity index (χ1n) is 9.63. The Labute approximate surface area is 181 Å². The third-order valence-electron chi connectivity index (χ3n) is 4.34. The van der Waals surface area contributed by atoms with Gasteiger partial charge in [0.25, 0.3) is 0 Å². The van der Waals surface area contributed by atoms with Crippen LogP contribution >= 0.6 is 12.8 Å². The van der Waals surface area contributed by atoms with E-state index < -0.39 is 6.09 Å². The number of anilines is 2. The van der Waals surface area contributed by atoms with Gasteiger partial charge in [-0.15, -0.1) is 0 Å². The van der Waals surface area contributed by atoms with Gasteiger partial charge in [0.1, 0.15) is 5.82 Å². The second-order valence-electron chi connectivity index (χ2n) is 7.88. The highest BCUT2D eigenvalue weighted by atomic mass is 32.1. The molecule has 0 spiro atoms. The molecule has 0 unspecified atom stereocenters. The van der Waals surface area contributed by atoms with Crippen molar-refractivity contribution in [3.8, 4) is 5.88 Å². The number of nitrogens with one attached hydrogen (secondary N) is 1. The summed E-state index contributed by atoms with van der Waals surface area (Å²) >= 11 is 4.21. The number of carbonyl (C=O) groups excluding carboxylic acids is 2.